The number of anilines is 1. The summed E-state index contributed by atoms with van der Waals surface area (Å²) in [5, 5.41) is 1.21. The van der Waals surface area contributed by atoms with Gasteiger partial charge in [0.25, 0.3) is 5.91 Å². The van der Waals surface area contributed by atoms with Gasteiger partial charge in [-0.3, -0.25) is 14.3 Å². The number of fused-ring (bicyclic) bond motifs is 4. The molecule has 0 radical (unpaired) electrons. The highest BCUT2D eigenvalue weighted by Gasteiger charge is 2.36. The van der Waals surface area contributed by atoms with Crippen LogP contribution >= 0.6 is 34.9 Å². The number of aryl methyl sites for hydroxylation is 1. The Balaban J connectivity index is 1.33. The molecule has 1 fully saturated rings. The number of hydrogen-bond acceptors (Lipinski definition) is 7. The molecular weight excluding hydrogens is 576 g/mol. The molecule has 6 rings (SSSR count). The zero-order valence-corrected chi connectivity index (χ0v) is 25.8. The number of nitrogens with one attached hydrogen (secondary N) is 1. The first kappa shape index (κ1) is 28.4. The second-order valence-electron chi connectivity index (χ2n) is 11.4. The standard InChI is InChI=1S/C31H35ClN4O3S2/c1-3-4-19-11-23(32)7-9-26(19)22-17-36-16-21-6-5-20(21)15-35(2)31(38)30-33-14-25(40-30)13-29(37)34-41-24-8-10-28(39-18-22)27(36)12-24/h7-12,14,20-22H,3-6,13,15-18H2,1-2H3,(H,34,37). The van der Waals surface area contributed by atoms with Gasteiger partial charge < -0.3 is 14.5 Å². The number of halogens is 1. The Kier molecular flexibility index (Phi) is 8.47. The van der Waals surface area contributed by atoms with Crippen molar-refractivity contribution in [2.45, 2.75) is 49.8 Å². The molecule has 216 valence electrons. The molecule has 2 aromatic carbocycles. The lowest BCUT2D eigenvalue weighted by Crippen LogP contribution is -2.45. The smallest absolute Gasteiger partial charge is 0.282 e. The van der Waals surface area contributed by atoms with Gasteiger partial charge in [0.15, 0.2) is 5.01 Å². The third-order valence-electron chi connectivity index (χ3n) is 8.45. The van der Waals surface area contributed by atoms with E-state index in [4.69, 9.17) is 16.3 Å². The van der Waals surface area contributed by atoms with E-state index < -0.39 is 0 Å². The van der Waals surface area contributed by atoms with Crippen LogP contribution in [0, 0.1) is 11.8 Å². The van der Waals surface area contributed by atoms with Gasteiger partial charge in [0, 0.05) is 53.6 Å². The fourth-order valence-corrected chi connectivity index (χ4v) is 7.87. The maximum atomic E-state index is 13.2. The van der Waals surface area contributed by atoms with E-state index in [1.54, 1.807) is 11.1 Å². The van der Waals surface area contributed by atoms with Gasteiger partial charge in [-0.05, 0) is 84.5 Å². The minimum atomic E-state index is -0.123. The van der Waals surface area contributed by atoms with E-state index >= 15 is 0 Å². The van der Waals surface area contributed by atoms with Crippen molar-refractivity contribution in [3.05, 3.63) is 68.6 Å². The number of thiazole rings is 1. The largest absolute Gasteiger partial charge is 0.491 e. The lowest BCUT2D eigenvalue weighted by atomic mass is 9.73. The monoisotopic (exact) mass is 610 g/mol. The molecule has 0 spiro atoms. The number of aromatic nitrogens is 1. The Labute approximate surface area is 254 Å². The maximum absolute atomic E-state index is 13.2. The van der Waals surface area contributed by atoms with Gasteiger partial charge in [0.05, 0.1) is 18.7 Å². The normalized spacial score (nSPS) is 23.0. The second-order valence-corrected chi connectivity index (χ2v) is 13.8. The molecule has 3 heterocycles. The number of nitrogens with zero attached hydrogens (tertiary/aromatic N) is 3. The Morgan fingerprint density at radius 1 is 1.10 bits per heavy atom. The fraction of sp³-hybridized carbons (Fsp3) is 0.452. The average molecular weight is 611 g/mol. The summed E-state index contributed by atoms with van der Waals surface area (Å²) in [6.45, 7) is 5.20. The topological polar surface area (TPSA) is 74.8 Å². The van der Waals surface area contributed by atoms with E-state index in [0.717, 1.165) is 65.0 Å². The third kappa shape index (κ3) is 6.22. The molecule has 41 heavy (non-hydrogen) atoms. The van der Waals surface area contributed by atoms with Crippen LogP contribution in [0.5, 0.6) is 5.75 Å². The van der Waals surface area contributed by atoms with Gasteiger partial charge >= 0.3 is 0 Å². The van der Waals surface area contributed by atoms with Crippen LogP contribution in [0.25, 0.3) is 0 Å². The zero-order valence-electron chi connectivity index (χ0n) is 23.4. The summed E-state index contributed by atoms with van der Waals surface area (Å²) < 4.78 is 9.45. The molecule has 4 bridgehead atoms. The van der Waals surface area contributed by atoms with E-state index in [0.29, 0.717) is 30.0 Å². The number of carbonyl (C=O) groups is 2. The second kappa shape index (κ2) is 12.2. The van der Waals surface area contributed by atoms with Gasteiger partial charge in [0.1, 0.15) is 5.75 Å². The minimum Gasteiger partial charge on any atom is -0.491 e. The fourth-order valence-electron chi connectivity index (χ4n) is 6.15. The van der Waals surface area contributed by atoms with Crippen LogP contribution in [-0.4, -0.2) is 55.0 Å². The summed E-state index contributed by atoms with van der Waals surface area (Å²) in [4.78, 5) is 36.3. The molecule has 7 nitrogen and oxygen atoms in total. The molecule has 2 amide bonds. The van der Waals surface area contributed by atoms with Crippen molar-refractivity contribution in [3.63, 3.8) is 0 Å². The molecule has 1 N–H and O–H groups in total. The third-order valence-corrected chi connectivity index (χ3v) is 10.5. The van der Waals surface area contributed by atoms with Crippen molar-refractivity contribution >= 4 is 52.4 Å². The van der Waals surface area contributed by atoms with Crippen LogP contribution in [0.1, 0.15) is 57.9 Å². The summed E-state index contributed by atoms with van der Waals surface area (Å²) >= 11 is 9.02. The highest BCUT2D eigenvalue weighted by Crippen LogP contribution is 2.42. The first-order valence-corrected chi connectivity index (χ1v) is 16.3. The lowest BCUT2D eigenvalue weighted by Gasteiger charge is -2.42. The quantitative estimate of drug-likeness (QED) is 0.356. The van der Waals surface area contributed by atoms with Gasteiger partial charge in [-0.2, -0.15) is 0 Å². The van der Waals surface area contributed by atoms with Crippen LogP contribution in [0.2, 0.25) is 5.02 Å². The number of ether oxygens (including phenoxy) is 1. The Bertz CT molecular complexity index is 1450. The number of amides is 2. The molecule has 2 aliphatic heterocycles. The number of carbonyl (C=O) groups excluding carboxylic acids is 2. The zero-order chi connectivity index (χ0) is 28.5. The first-order valence-electron chi connectivity index (χ1n) is 14.3. The van der Waals surface area contributed by atoms with Crippen LogP contribution in [-0.2, 0) is 17.6 Å². The van der Waals surface area contributed by atoms with Crippen LogP contribution < -0.4 is 14.4 Å². The maximum Gasteiger partial charge on any atom is 0.282 e. The Morgan fingerprint density at radius 2 is 1.93 bits per heavy atom. The minimum absolute atomic E-state index is 0.0747. The van der Waals surface area contributed by atoms with E-state index in [9.17, 15) is 9.59 Å². The van der Waals surface area contributed by atoms with Crippen molar-refractivity contribution < 1.29 is 14.3 Å². The molecule has 3 aliphatic rings. The predicted molar refractivity (Wildman–Crippen MR) is 165 cm³/mol. The molecule has 0 saturated heterocycles. The predicted octanol–water partition coefficient (Wildman–Crippen LogP) is 6.21. The summed E-state index contributed by atoms with van der Waals surface area (Å²) in [7, 11) is 1.86. The highest BCUT2D eigenvalue weighted by molar-refractivity contribution is 7.98. The number of benzene rings is 2. The van der Waals surface area contributed by atoms with Crippen molar-refractivity contribution in [3.8, 4) is 5.75 Å². The van der Waals surface area contributed by atoms with E-state index in [-0.39, 0.29) is 24.2 Å². The van der Waals surface area contributed by atoms with Crippen molar-refractivity contribution in [2.75, 3.05) is 38.2 Å². The molecule has 10 heteroatoms. The van der Waals surface area contributed by atoms with E-state index in [2.05, 4.69) is 39.7 Å². The van der Waals surface area contributed by atoms with Crippen LogP contribution in [0.15, 0.2) is 47.5 Å². The van der Waals surface area contributed by atoms with Crippen molar-refractivity contribution in [1.29, 1.82) is 0 Å². The Morgan fingerprint density at radius 3 is 2.73 bits per heavy atom. The molecule has 3 aromatic rings. The lowest BCUT2D eigenvalue weighted by molar-refractivity contribution is -0.118. The first-order chi connectivity index (χ1) is 19.9. The van der Waals surface area contributed by atoms with Gasteiger partial charge in [0.2, 0.25) is 5.91 Å². The van der Waals surface area contributed by atoms with E-state index in [1.807, 2.05) is 25.2 Å². The number of rotatable bonds is 3. The summed E-state index contributed by atoms with van der Waals surface area (Å²) in [5.74, 6) is 1.75. The van der Waals surface area contributed by atoms with Crippen LogP contribution in [0.4, 0.5) is 5.69 Å². The van der Waals surface area contributed by atoms with Crippen molar-refractivity contribution in [1.82, 2.24) is 14.6 Å². The average Bonchev–Trinajstić information content (AvgIpc) is 3.34. The molecule has 1 saturated carbocycles. The van der Waals surface area contributed by atoms with Crippen LogP contribution in [0.3, 0.4) is 0 Å². The summed E-state index contributed by atoms with van der Waals surface area (Å²) in [5.41, 5.74) is 3.65. The highest BCUT2D eigenvalue weighted by atomic mass is 35.5. The molecule has 1 aliphatic carbocycles. The number of hydrogen-bond donors (Lipinski definition) is 1. The van der Waals surface area contributed by atoms with Gasteiger partial charge in [-0.25, -0.2) is 4.98 Å². The van der Waals surface area contributed by atoms with Gasteiger partial charge in [-0.15, -0.1) is 11.3 Å². The summed E-state index contributed by atoms with van der Waals surface area (Å²) in [6, 6.07) is 12.4. The molecular formula is C31H35ClN4O3S2. The molecule has 3 atom stereocenters. The van der Waals surface area contributed by atoms with Gasteiger partial charge in [-0.1, -0.05) is 31.0 Å². The van der Waals surface area contributed by atoms with E-state index in [1.165, 1.54) is 34.4 Å². The SMILES string of the molecule is CCCc1cc(Cl)ccc1C1COc2ccc3cc2N(C1)CC1CCC1CN(C)C(=O)c1ncc(s1)CC(=O)NS3. The summed E-state index contributed by atoms with van der Waals surface area (Å²) in [6.07, 6.45) is 6.11. The van der Waals surface area contributed by atoms with Crippen molar-refractivity contribution in [2.24, 2.45) is 11.8 Å². The molecule has 1 aromatic heterocycles. The Hall–Kier alpha value is -2.75. The molecule has 3 unspecified atom stereocenters.